The van der Waals surface area contributed by atoms with Crippen LogP contribution in [-0.2, 0) is 17.9 Å². The quantitative estimate of drug-likeness (QED) is 0.845. The maximum Gasteiger partial charge on any atom is 0.260 e. The summed E-state index contributed by atoms with van der Waals surface area (Å²) >= 11 is 0. The van der Waals surface area contributed by atoms with Crippen LogP contribution in [0, 0.1) is 6.92 Å². The van der Waals surface area contributed by atoms with E-state index in [1.54, 1.807) is 15.6 Å². The molecule has 1 aromatic heterocycles. The van der Waals surface area contributed by atoms with Crippen molar-refractivity contribution in [3.8, 4) is 5.75 Å². The summed E-state index contributed by atoms with van der Waals surface area (Å²) in [4.78, 5) is 14.2. The average molecular weight is 345 g/mol. The number of nitrogens with zero attached hydrogens (tertiary/aromatic N) is 3. The lowest BCUT2D eigenvalue weighted by molar-refractivity contribution is -0.134. The summed E-state index contributed by atoms with van der Waals surface area (Å²) in [6, 6.07) is 9.33. The Balaban J connectivity index is 1.63. The topological polar surface area (TPSA) is 87.8 Å². The summed E-state index contributed by atoms with van der Waals surface area (Å²) in [7, 11) is 0. The largest absolute Gasteiger partial charge is 0.484 e. The molecule has 0 radical (unpaired) electrons. The zero-order valence-corrected chi connectivity index (χ0v) is 14.3. The van der Waals surface area contributed by atoms with Crippen molar-refractivity contribution >= 4 is 5.91 Å². The van der Waals surface area contributed by atoms with Gasteiger partial charge in [-0.1, -0.05) is 17.7 Å². The Labute approximate surface area is 146 Å². The van der Waals surface area contributed by atoms with E-state index in [9.17, 15) is 9.90 Å². The van der Waals surface area contributed by atoms with E-state index in [1.807, 2.05) is 31.2 Å². The number of carbonyl (C=O) groups is 1. The van der Waals surface area contributed by atoms with Crippen molar-refractivity contribution in [3.63, 3.8) is 0 Å². The van der Waals surface area contributed by atoms with E-state index >= 15 is 0 Å². The van der Waals surface area contributed by atoms with Gasteiger partial charge in [-0.2, -0.15) is 5.10 Å². The monoisotopic (exact) mass is 345 g/mol. The van der Waals surface area contributed by atoms with Crippen molar-refractivity contribution in [2.45, 2.75) is 32.5 Å². The number of fused-ring (bicyclic) bond motifs is 1. The minimum absolute atomic E-state index is 0.0106. The molecule has 0 saturated carbocycles. The second-order valence-corrected chi connectivity index (χ2v) is 6.25. The van der Waals surface area contributed by atoms with E-state index < -0.39 is 6.10 Å². The molecule has 2 aromatic rings. The van der Waals surface area contributed by atoms with Gasteiger partial charge in [0.05, 0.1) is 24.5 Å². The first kappa shape index (κ1) is 17.4. The van der Waals surface area contributed by atoms with Crippen LogP contribution in [0.15, 0.2) is 30.3 Å². The van der Waals surface area contributed by atoms with Gasteiger partial charge in [0.1, 0.15) is 11.9 Å². The SMILES string of the molecule is Cc1ccc(OCC(=O)N2CCCn3nc([C@H](O)CO)cc3C2)cc1. The Morgan fingerprint density at radius 3 is 2.80 bits per heavy atom. The van der Waals surface area contributed by atoms with E-state index in [2.05, 4.69) is 5.10 Å². The predicted octanol–water partition coefficient (Wildman–Crippen LogP) is 1.03. The number of amides is 1. The summed E-state index contributed by atoms with van der Waals surface area (Å²) in [5, 5.41) is 23.1. The minimum Gasteiger partial charge on any atom is -0.484 e. The number of aromatic nitrogens is 2. The molecular formula is C18H23N3O4. The molecule has 0 bridgehead atoms. The first-order valence-electron chi connectivity index (χ1n) is 8.39. The number of hydrogen-bond acceptors (Lipinski definition) is 5. The van der Waals surface area contributed by atoms with Gasteiger partial charge in [0.15, 0.2) is 6.61 Å². The fourth-order valence-corrected chi connectivity index (χ4v) is 2.82. The van der Waals surface area contributed by atoms with Crippen LogP contribution >= 0.6 is 0 Å². The van der Waals surface area contributed by atoms with Crippen molar-refractivity contribution in [2.24, 2.45) is 0 Å². The molecule has 1 aromatic carbocycles. The smallest absolute Gasteiger partial charge is 0.260 e. The van der Waals surface area contributed by atoms with Crippen LogP contribution in [-0.4, -0.2) is 50.6 Å². The number of rotatable bonds is 5. The van der Waals surface area contributed by atoms with Crippen LogP contribution in [0.25, 0.3) is 0 Å². The van der Waals surface area contributed by atoms with Gasteiger partial charge in [0.25, 0.3) is 5.91 Å². The molecule has 2 heterocycles. The molecule has 0 spiro atoms. The Morgan fingerprint density at radius 2 is 2.08 bits per heavy atom. The molecule has 0 fully saturated rings. The first-order chi connectivity index (χ1) is 12.1. The lowest BCUT2D eigenvalue weighted by Gasteiger charge is -2.20. The van der Waals surface area contributed by atoms with Crippen molar-refractivity contribution in [2.75, 3.05) is 19.8 Å². The summed E-state index contributed by atoms with van der Waals surface area (Å²) in [6.07, 6.45) is -0.215. The van der Waals surface area contributed by atoms with E-state index in [-0.39, 0.29) is 19.1 Å². The van der Waals surface area contributed by atoms with Gasteiger partial charge in [0, 0.05) is 13.1 Å². The third-order valence-corrected chi connectivity index (χ3v) is 4.28. The standard InChI is InChI=1S/C18H23N3O4/c1-13-3-5-15(6-4-13)25-12-18(24)20-7-2-8-21-14(10-20)9-16(19-21)17(23)11-22/h3-6,9,17,22-23H,2,7-8,10-12H2,1H3/t17-/m1/s1. The summed E-state index contributed by atoms with van der Waals surface area (Å²) in [5.74, 6) is 0.589. The van der Waals surface area contributed by atoms with Crippen LogP contribution in [0.5, 0.6) is 5.75 Å². The molecule has 0 saturated heterocycles. The maximum atomic E-state index is 12.5. The second kappa shape index (κ2) is 7.67. The number of aryl methyl sites for hydroxylation is 2. The van der Waals surface area contributed by atoms with Crippen LogP contribution < -0.4 is 4.74 Å². The highest BCUT2D eigenvalue weighted by Crippen LogP contribution is 2.18. The van der Waals surface area contributed by atoms with Crippen LogP contribution in [0.3, 0.4) is 0 Å². The summed E-state index contributed by atoms with van der Waals surface area (Å²) in [6.45, 7) is 3.35. The van der Waals surface area contributed by atoms with E-state index in [4.69, 9.17) is 9.84 Å². The first-order valence-corrected chi connectivity index (χ1v) is 8.39. The van der Waals surface area contributed by atoms with Gasteiger partial charge in [-0.15, -0.1) is 0 Å². The normalized spacial score (nSPS) is 15.4. The number of hydrogen-bond donors (Lipinski definition) is 2. The molecule has 1 atom stereocenters. The van der Waals surface area contributed by atoms with Gasteiger partial charge in [0.2, 0.25) is 0 Å². The lowest BCUT2D eigenvalue weighted by atomic mass is 10.2. The van der Waals surface area contributed by atoms with E-state index in [0.29, 0.717) is 31.1 Å². The van der Waals surface area contributed by atoms with Crippen molar-refractivity contribution < 1.29 is 19.7 Å². The molecule has 1 amide bonds. The molecule has 134 valence electrons. The lowest BCUT2D eigenvalue weighted by Crippen LogP contribution is -2.34. The molecule has 7 heteroatoms. The zero-order chi connectivity index (χ0) is 17.8. The van der Waals surface area contributed by atoms with Gasteiger partial charge in [-0.25, -0.2) is 0 Å². The number of benzene rings is 1. The molecule has 3 rings (SSSR count). The van der Waals surface area contributed by atoms with E-state index in [1.165, 1.54) is 0 Å². The fourth-order valence-electron chi connectivity index (χ4n) is 2.82. The Bertz CT molecular complexity index is 726. The van der Waals surface area contributed by atoms with Gasteiger partial charge >= 0.3 is 0 Å². The molecule has 1 aliphatic heterocycles. The average Bonchev–Trinajstić information content (AvgIpc) is 2.92. The van der Waals surface area contributed by atoms with Crippen LogP contribution in [0.2, 0.25) is 0 Å². The Morgan fingerprint density at radius 1 is 1.32 bits per heavy atom. The summed E-state index contributed by atoms with van der Waals surface area (Å²) in [5.41, 5.74) is 2.42. The Hall–Kier alpha value is -2.38. The summed E-state index contributed by atoms with van der Waals surface area (Å²) < 4.78 is 7.37. The minimum atomic E-state index is -0.992. The molecule has 7 nitrogen and oxygen atoms in total. The number of aliphatic hydroxyl groups is 2. The van der Waals surface area contributed by atoms with Crippen molar-refractivity contribution in [1.29, 1.82) is 0 Å². The van der Waals surface area contributed by atoms with Crippen LogP contribution in [0.4, 0.5) is 0 Å². The third kappa shape index (κ3) is 4.18. The number of aliphatic hydroxyl groups excluding tert-OH is 2. The van der Waals surface area contributed by atoms with Gasteiger partial charge < -0.3 is 19.8 Å². The van der Waals surface area contributed by atoms with E-state index in [0.717, 1.165) is 17.7 Å². The zero-order valence-electron chi connectivity index (χ0n) is 14.3. The number of carbonyl (C=O) groups excluding carboxylic acids is 1. The molecule has 25 heavy (non-hydrogen) atoms. The molecular weight excluding hydrogens is 322 g/mol. The molecule has 0 unspecified atom stereocenters. The van der Waals surface area contributed by atoms with Gasteiger partial charge in [-0.05, 0) is 31.5 Å². The highest BCUT2D eigenvalue weighted by atomic mass is 16.5. The fraction of sp³-hybridized carbons (Fsp3) is 0.444. The Kier molecular flexibility index (Phi) is 5.35. The second-order valence-electron chi connectivity index (χ2n) is 6.25. The predicted molar refractivity (Wildman–Crippen MR) is 91.0 cm³/mol. The van der Waals surface area contributed by atoms with Crippen LogP contribution in [0.1, 0.15) is 29.5 Å². The van der Waals surface area contributed by atoms with Crippen molar-refractivity contribution in [1.82, 2.24) is 14.7 Å². The molecule has 2 N–H and O–H groups in total. The highest BCUT2D eigenvalue weighted by Gasteiger charge is 2.22. The molecule has 0 aliphatic carbocycles. The maximum absolute atomic E-state index is 12.5. The van der Waals surface area contributed by atoms with Crippen molar-refractivity contribution in [3.05, 3.63) is 47.3 Å². The molecule has 1 aliphatic rings. The van der Waals surface area contributed by atoms with Gasteiger partial charge in [-0.3, -0.25) is 9.48 Å². The highest BCUT2D eigenvalue weighted by molar-refractivity contribution is 5.77. The third-order valence-electron chi connectivity index (χ3n) is 4.28. The number of ether oxygens (including phenoxy) is 1.